The predicted octanol–water partition coefficient (Wildman–Crippen LogP) is 2.52. The Kier molecular flexibility index (Phi) is 5.67. The van der Waals surface area contributed by atoms with Gasteiger partial charge in [-0.1, -0.05) is 17.8 Å². The maximum atomic E-state index is 12.8. The minimum Gasteiger partial charge on any atom is -0.338 e. The van der Waals surface area contributed by atoms with Crippen LogP contribution in [0.1, 0.15) is 47.4 Å². The molecule has 0 radical (unpaired) electrons. The first-order valence-corrected chi connectivity index (χ1v) is 11.1. The molecular formula is C18H22N6O2S2. The van der Waals surface area contributed by atoms with Crippen LogP contribution in [0.2, 0.25) is 0 Å². The zero-order valence-corrected chi connectivity index (χ0v) is 17.3. The van der Waals surface area contributed by atoms with Crippen LogP contribution in [0, 0.1) is 5.92 Å². The van der Waals surface area contributed by atoms with Crippen LogP contribution in [0.5, 0.6) is 0 Å². The van der Waals surface area contributed by atoms with Gasteiger partial charge in [0.25, 0.3) is 5.91 Å². The van der Waals surface area contributed by atoms with Gasteiger partial charge >= 0.3 is 5.69 Å². The first kappa shape index (κ1) is 19.0. The third-order valence-electron chi connectivity index (χ3n) is 5.08. The number of carbonyl (C=O) groups is 1. The van der Waals surface area contributed by atoms with Crippen molar-refractivity contribution in [3.63, 3.8) is 0 Å². The normalized spacial score (nSPS) is 15.2. The zero-order chi connectivity index (χ0) is 19.5. The maximum Gasteiger partial charge on any atom is 0.348 e. The molecule has 1 amide bonds. The van der Waals surface area contributed by atoms with Gasteiger partial charge in [0.05, 0.1) is 5.69 Å². The smallest absolute Gasteiger partial charge is 0.338 e. The van der Waals surface area contributed by atoms with Crippen molar-refractivity contribution in [3.8, 4) is 5.00 Å². The number of hydrogen-bond donors (Lipinski definition) is 1. The summed E-state index contributed by atoms with van der Waals surface area (Å²) in [6, 6.07) is 3.84. The Bertz CT molecular complexity index is 982. The minimum absolute atomic E-state index is 0.0483. The van der Waals surface area contributed by atoms with Crippen molar-refractivity contribution in [1.82, 2.24) is 29.3 Å². The molecule has 3 aromatic rings. The zero-order valence-electron chi connectivity index (χ0n) is 15.6. The monoisotopic (exact) mass is 418 g/mol. The molecule has 8 nitrogen and oxygen atoms in total. The van der Waals surface area contributed by atoms with Gasteiger partial charge < -0.3 is 4.90 Å². The van der Waals surface area contributed by atoms with E-state index in [1.54, 1.807) is 4.57 Å². The van der Waals surface area contributed by atoms with Crippen molar-refractivity contribution in [2.45, 2.75) is 39.0 Å². The number of H-pyrrole nitrogens is 1. The largest absolute Gasteiger partial charge is 0.348 e. The second-order valence-corrected chi connectivity index (χ2v) is 8.65. The SMILES string of the molecule is CCCc1nnsc1C(=O)N1CCC(Cc2n[nH]c(=O)n2-c2cccs2)CC1. The Morgan fingerprint density at radius 2 is 2.18 bits per heavy atom. The van der Waals surface area contributed by atoms with E-state index in [9.17, 15) is 9.59 Å². The molecule has 4 heterocycles. The number of hydrogen-bond acceptors (Lipinski definition) is 7. The van der Waals surface area contributed by atoms with E-state index in [1.165, 1.54) is 22.9 Å². The van der Waals surface area contributed by atoms with Crippen LogP contribution in [-0.2, 0) is 12.8 Å². The summed E-state index contributed by atoms with van der Waals surface area (Å²) in [6.45, 7) is 3.49. The number of thiophene rings is 1. The quantitative estimate of drug-likeness (QED) is 0.663. The molecular weight excluding hydrogens is 396 g/mol. The summed E-state index contributed by atoms with van der Waals surface area (Å²) in [4.78, 5) is 27.5. The van der Waals surface area contributed by atoms with Crippen molar-refractivity contribution in [1.29, 1.82) is 0 Å². The number of aromatic amines is 1. The van der Waals surface area contributed by atoms with Gasteiger partial charge in [-0.05, 0) is 54.2 Å². The fraction of sp³-hybridized carbons (Fsp3) is 0.500. The second-order valence-electron chi connectivity index (χ2n) is 6.97. The number of amides is 1. The molecule has 10 heteroatoms. The van der Waals surface area contributed by atoms with Gasteiger partial charge in [-0.2, -0.15) is 5.10 Å². The van der Waals surface area contributed by atoms with E-state index in [0.717, 1.165) is 48.6 Å². The van der Waals surface area contributed by atoms with E-state index >= 15 is 0 Å². The Morgan fingerprint density at radius 1 is 1.36 bits per heavy atom. The Balaban J connectivity index is 1.40. The van der Waals surface area contributed by atoms with Crippen molar-refractivity contribution < 1.29 is 4.79 Å². The van der Waals surface area contributed by atoms with Crippen LogP contribution >= 0.6 is 22.9 Å². The summed E-state index contributed by atoms with van der Waals surface area (Å²) in [6.07, 6.45) is 4.25. The average Bonchev–Trinajstić information content (AvgIpc) is 3.44. The van der Waals surface area contributed by atoms with Gasteiger partial charge in [0.15, 0.2) is 0 Å². The minimum atomic E-state index is -0.203. The number of carbonyl (C=O) groups excluding carboxylic acids is 1. The highest BCUT2D eigenvalue weighted by atomic mass is 32.1. The molecule has 28 heavy (non-hydrogen) atoms. The summed E-state index contributed by atoms with van der Waals surface area (Å²) in [5, 5.41) is 13.7. The highest BCUT2D eigenvalue weighted by Crippen LogP contribution is 2.25. The van der Waals surface area contributed by atoms with Crippen LogP contribution in [0.4, 0.5) is 0 Å². The summed E-state index contributed by atoms with van der Waals surface area (Å²) < 4.78 is 5.62. The number of nitrogens with zero attached hydrogens (tertiary/aromatic N) is 5. The van der Waals surface area contributed by atoms with Gasteiger partial charge in [-0.25, -0.2) is 14.5 Å². The number of rotatable bonds is 6. The van der Waals surface area contributed by atoms with Gasteiger partial charge in [0.1, 0.15) is 15.7 Å². The average molecular weight is 419 g/mol. The molecule has 0 atom stereocenters. The third-order valence-corrected chi connectivity index (χ3v) is 6.69. The number of aryl methyl sites for hydroxylation is 1. The molecule has 0 bridgehead atoms. The van der Waals surface area contributed by atoms with E-state index in [1.807, 2.05) is 22.4 Å². The summed E-state index contributed by atoms with van der Waals surface area (Å²) >= 11 is 2.71. The molecule has 4 rings (SSSR count). The van der Waals surface area contributed by atoms with E-state index in [-0.39, 0.29) is 11.6 Å². The van der Waals surface area contributed by atoms with Crippen molar-refractivity contribution in [2.75, 3.05) is 13.1 Å². The third kappa shape index (κ3) is 3.79. The molecule has 1 fully saturated rings. The summed E-state index contributed by atoms with van der Waals surface area (Å²) in [5.41, 5.74) is 0.613. The Labute approximate surface area is 170 Å². The van der Waals surface area contributed by atoms with Crippen LogP contribution in [0.15, 0.2) is 22.3 Å². The lowest BCUT2D eigenvalue weighted by Gasteiger charge is -2.31. The van der Waals surface area contributed by atoms with Gasteiger partial charge in [0.2, 0.25) is 0 Å². The number of aromatic nitrogens is 5. The van der Waals surface area contributed by atoms with E-state index in [2.05, 4.69) is 26.7 Å². The lowest BCUT2D eigenvalue weighted by molar-refractivity contribution is 0.0693. The fourth-order valence-electron chi connectivity index (χ4n) is 3.60. The topological polar surface area (TPSA) is 96.8 Å². The molecule has 0 saturated carbocycles. The Morgan fingerprint density at radius 3 is 2.89 bits per heavy atom. The van der Waals surface area contributed by atoms with Crippen molar-refractivity contribution in [3.05, 3.63) is 44.4 Å². The van der Waals surface area contributed by atoms with Gasteiger partial charge in [-0.3, -0.25) is 4.79 Å². The molecule has 1 saturated heterocycles. The van der Waals surface area contributed by atoms with Gasteiger partial charge in [-0.15, -0.1) is 16.4 Å². The maximum absolute atomic E-state index is 12.8. The van der Waals surface area contributed by atoms with Gasteiger partial charge in [0, 0.05) is 19.5 Å². The molecule has 0 aliphatic carbocycles. The molecule has 1 aliphatic rings. The first-order valence-electron chi connectivity index (χ1n) is 9.48. The van der Waals surface area contributed by atoms with Crippen LogP contribution in [0.3, 0.4) is 0 Å². The molecule has 0 spiro atoms. The fourth-order valence-corrected chi connectivity index (χ4v) is 5.03. The second kappa shape index (κ2) is 8.36. The highest BCUT2D eigenvalue weighted by molar-refractivity contribution is 7.12. The lowest BCUT2D eigenvalue weighted by Crippen LogP contribution is -2.39. The molecule has 1 aliphatic heterocycles. The highest BCUT2D eigenvalue weighted by Gasteiger charge is 2.28. The molecule has 148 valence electrons. The van der Waals surface area contributed by atoms with E-state index < -0.39 is 0 Å². The van der Waals surface area contributed by atoms with Crippen molar-refractivity contribution >= 4 is 28.8 Å². The number of nitrogens with one attached hydrogen (secondary N) is 1. The molecule has 0 unspecified atom stereocenters. The predicted molar refractivity (Wildman–Crippen MR) is 108 cm³/mol. The Hall–Kier alpha value is -2.33. The lowest BCUT2D eigenvalue weighted by atomic mass is 9.93. The van der Waals surface area contributed by atoms with Crippen LogP contribution in [0.25, 0.3) is 5.00 Å². The number of likely N-dealkylation sites (tertiary alicyclic amines) is 1. The van der Waals surface area contributed by atoms with Crippen molar-refractivity contribution in [2.24, 2.45) is 5.92 Å². The molecule has 1 N–H and O–H groups in total. The molecule has 3 aromatic heterocycles. The first-order chi connectivity index (χ1) is 13.7. The summed E-state index contributed by atoms with van der Waals surface area (Å²) in [5.74, 6) is 1.20. The summed E-state index contributed by atoms with van der Waals surface area (Å²) in [7, 11) is 0. The van der Waals surface area contributed by atoms with E-state index in [4.69, 9.17) is 0 Å². The standard InChI is InChI=1S/C18H22N6O2S2/c1-2-4-13-16(28-22-19-13)17(25)23-8-6-12(7-9-23)11-14-20-21-18(26)24(14)15-5-3-10-27-15/h3,5,10,12H,2,4,6-9,11H2,1H3,(H,21,26). The van der Waals surface area contributed by atoms with E-state index in [0.29, 0.717) is 23.9 Å². The molecule has 0 aromatic carbocycles. The van der Waals surface area contributed by atoms with Crippen LogP contribution < -0.4 is 5.69 Å². The number of piperidine rings is 1. The van der Waals surface area contributed by atoms with Crippen LogP contribution in [-0.4, -0.2) is 48.2 Å².